The highest BCUT2D eigenvalue weighted by molar-refractivity contribution is 6.04. The number of hydrogen-bond acceptors (Lipinski definition) is 7. The average molecular weight is 550 g/mol. The van der Waals surface area contributed by atoms with Crippen molar-refractivity contribution in [3.63, 3.8) is 0 Å². The molecule has 6 rings (SSSR count). The standard InChI is InChI=1S/C32H27N3O6/c36-26(20-8-2-1-3-9-20)14-15-28-27(37)18-30(41-28)35-17-16-29(33-31(35)38)34-32(39)40-19-25-23-12-6-4-10-21(23)22-11-5-7-13-24(22)25/h1-17,25,27-28,30,37H,18-19H2,(H,33,34,38,39)/b15-14+/t27-,28+,30+/m0/s1. The largest absolute Gasteiger partial charge is 0.448 e. The Labute approximate surface area is 235 Å². The van der Waals surface area contributed by atoms with E-state index in [1.54, 1.807) is 24.3 Å². The van der Waals surface area contributed by atoms with E-state index in [0.29, 0.717) is 5.56 Å². The first-order valence-corrected chi connectivity index (χ1v) is 13.3. The summed E-state index contributed by atoms with van der Waals surface area (Å²) in [5.41, 5.74) is 4.30. The van der Waals surface area contributed by atoms with Crippen LogP contribution in [0.15, 0.2) is 108 Å². The molecule has 1 aromatic heterocycles. The quantitative estimate of drug-likeness (QED) is 0.253. The van der Waals surface area contributed by atoms with Crippen LogP contribution >= 0.6 is 0 Å². The van der Waals surface area contributed by atoms with E-state index >= 15 is 0 Å². The van der Waals surface area contributed by atoms with Crippen LogP contribution in [0.4, 0.5) is 10.6 Å². The van der Waals surface area contributed by atoms with Gasteiger partial charge < -0.3 is 14.6 Å². The van der Waals surface area contributed by atoms with Gasteiger partial charge in [-0.3, -0.25) is 14.7 Å². The maximum Gasteiger partial charge on any atom is 0.412 e. The van der Waals surface area contributed by atoms with Crippen molar-refractivity contribution in [3.8, 4) is 11.1 Å². The third-order valence-electron chi connectivity index (χ3n) is 7.35. The van der Waals surface area contributed by atoms with Gasteiger partial charge in [0.1, 0.15) is 24.8 Å². The Balaban J connectivity index is 1.07. The number of nitrogens with one attached hydrogen (secondary N) is 1. The van der Waals surface area contributed by atoms with Gasteiger partial charge in [0.05, 0.1) is 6.10 Å². The third kappa shape index (κ3) is 5.45. The molecule has 3 atom stereocenters. The minimum atomic E-state index is -0.912. The fourth-order valence-corrected chi connectivity index (χ4v) is 5.34. The highest BCUT2D eigenvalue weighted by Gasteiger charge is 2.34. The molecule has 2 aliphatic rings. The summed E-state index contributed by atoms with van der Waals surface area (Å²) >= 11 is 0. The van der Waals surface area contributed by atoms with E-state index in [9.17, 15) is 19.5 Å². The topological polar surface area (TPSA) is 120 Å². The summed E-state index contributed by atoms with van der Waals surface area (Å²) in [5.74, 6) is -0.274. The Morgan fingerprint density at radius 2 is 1.63 bits per heavy atom. The molecule has 9 nitrogen and oxygen atoms in total. The molecule has 0 bridgehead atoms. The fraction of sp³-hybridized carbons (Fsp3) is 0.188. The molecule has 0 radical (unpaired) electrons. The molecule has 1 fully saturated rings. The lowest BCUT2D eigenvalue weighted by molar-refractivity contribution is 0.00485. The van der Waals surface area contributed by atoms with Crippen LogP contribution in [0.5, 0.6) is 0 Å². The van der Waals surface area contributed by atoms with Gasteiger partial charge in [0.15, 0.2) is 5.78 Å². The van der Waals surface area contributed by atoms with Gasteiger partial charge >= 0.3 is 11.8 Å². The van der Waals surface area contributed by atoms with Crippen LogP contribution in [0.1, 0.15) is 40.1 Å². The van der Waals surface area contributed by atoms with Gasteiger partial charge in [-0.2, -0.15) is 4.98 Å². The molecule has 2 heterocycles. The zero-order valence-corrected chi connectivity index (χ0v) is 21.9. The molecule has 1 amide bonds. The summed E-state index contributed by atoms with van der Waals surface area (Å²) in [6, 6.07) is 26.3. The van der Waals surface area contributed by atoms with Gasteiger partial charge in [0.2, 0.25) is 0 Å². The first kappa shape index (κ1) is 26.4. The number of aliphatic hydroxyl groups is 1. The number of nitrogens with zero attached hydrogens (tertiary/aromatic N) is 2. The second kappa shape index (κ2) is 11.3. The SMILES string of the molecule is O=C(Nc1ccn([C@H]2C[C@H](O)[C@@H](/C=C/C(=O)c3ccccc3)O2)c(=O)n1)OCC1c2ccccc2-c2ccccc21. The van der Waals surface area contributed by atoms with E-state index in [1.165, 1.54) is 29.0 Å². The number of ketones is 1. The first-order chi connectivity index (χ1) is 20.0. The number of rotatable bonds is 7. The summed E-state index contributed by atoms with van der Waals surface area (Å²) in [6.07, 6.45) is 1.23. The van der Waals surface area contributed by atoms with Crippen LogP contribution < -0.4 is 11.0 Å². The van der Waals surface area contributed by atoms with Crippen molar-refractivity contribution in [3.05, 3.63) is 130 Å². The number of fused-ring (bicyclic) bond motifs is 3. The molecular weight excluding hydrogens is 522 g/mol. The van der Waals surface area contributed by atoms with Crippen LogP contribution in [0.25, 0.3) is 11.1 Å². The second-order valence-corrected chi connectivity index (χ2v) is 9.90. The Hall–Kier alpha value is -4.86. The number of amides is 1. The molecule has 1 saturated heterocycles. The molecule has 0 spiro atoms. The number of carbonyl (C=O) groups excluding carboxylic acids is 2. The summed E-state index contributed by atoms with van der Waals surface area (Å²) in [7, 11) is 0. The van der Waals surface area contributed by atoms with Crippen LogP contribution in [-0.4, -0.2) is 45.3 Å². The first-order valence-electron chi connectivity index (χ1n) is 13.3. The van der Waals surface area contributed by atoms with Crippen LogP contribution in [0, 0.1) is 0 Å². The average Bonchev–Trinajstić information content (AvgIpc) is 3.52. The lowest BCUT2D eigenvalue weighted by atomic mass is 9.98. The number of benzene rings is 3. The molecule has 4 aromatic rings. The number of carbonyl (C=O) groups is 2. The molecule has 41 heavy (non-hydrogen) atoms. The van der Waals surface area contributed by atoms with Crippen molar-refractivity contribution >= 4 is 17.7 Å². The minimum absolute atomic E-state index is 0.0342. The number of allylic oxidation sites excluding steroid dienone is 1. The molecule has 206 valence electrons. The molecule has 1 aliphatic carbocycles. The van der Waals surface area contributed by atoms with Gasteiger partial charge in [0, 0.05) is 24.1 Å². The number of aromatic nitrogens is 2. The Morgan fingerprint density at radius 1 is 0.976 bits per heavy atom. The second-order valence-electron chi connectivity index (χ2n) is 9.90. The van der Waals surface area contributed by atoms with Gasteiger partial charge in [-0.05, 0) is 40.5 Å². The van der Waals surface area contributed by atoms with Crippen molar-refractivity contribution in [1.82, 2.24) is 9.55 Å². The summed E-state index contributed by atoms with van der Waals surface area (Å²) in [4.78, 5) is 41.6. The predicted molar refractivity (Wildman–Crippen MR) is 152 cm³/mol. The van der Waals surface area contributed by atoms with E-state index < -0.39 is 30.2 Å². The molecule has 0 unspecified atom stereocenters. The van der Waals surface area contributed by atoms with Gasteiger partial charge in [-0.1, -0.05) is 78.9 Å². The lowest BCUT2D eigenvalue weighted by Gasteiger charge is -2.15. The molecule has 0 saturated carbocycles. The lowest BCUT2D eigenvalue weighted by Crippen LogP contribution is -2.28. The van der Waals surface area contributed by atoms with Gasteiger partial charge in [0.25, 0.3) is 0 Å². The molecule has 1 aliphatic heterocycles. The van der Waals surface area contributed by atoms with Crippen molar-refractivity contribution in [2.24, 2.45) is 0 Å². The summed E-state index contributed by atoms with van der Waals surface area (Å²) in [5, 5.41) is 13.0. The maximum atomic E-state index is 12.7. The molecule has 2 N–H and O–H groups in total. The van der Waals surface area contributed by atoms with Crippen LogP contribution in [0.2, 0.25) is 0 Å². The van der Waals surface area contributed by atoms with Crippen molar-refractivity contribution < 1.29 is 24.2 Å². The van der Waals surface area contributed by atoms with E-state index in [1.807, 2.05) is 42.5 Å². The van der Waals surface area contributed by atoms with Crippen molar-refractivity contribution in [2.45, 2.75) is 30.8 Å². The Bertz CT molecular complexity index is 1640. The number of anilines is 1. The van der Waals surface area contributed by atoms with Crippen molar-refractivity contribution in [2.75, 3.05) is 11.9 Å². The third-order valence-corrected chi connectivity index (χ3v) is 7.35. The summed E-state index contributed by atoms with van der Waals surface area (Å²) in [6.45, 7) is 0.131. The van der Waals surface area contributed by atoms with Gasteiger partial charge in [-0.25, -0.2) is 9.59 Å². The zero-order chi connectivity index (χ0) is 28.3. The van der Waals surface area contributed by atoms with E-state index in [4.69, 9.17) is 9.47 Å². The Morgan fingerprint density at radius 3 is 2.32 bits per heavy atom. The van der Waals surface area contributed by atoms with Crippen LogP contribution in [-0.2, 0) is 9.47 Å². The summed E-state index contributed by atoms with van der Waals surface area (Å²) < 4.78 is 12.6. The fourth-order valence-electron chi connectivity index (χ4n) is 5.34. The smallest absolute Gasteiger partial charge is 0.412 e. The van der Waals surface area contributed by atoms with Crippen LogP contribution in [0.3, 0.4) is 0 Å². The predicted octanol–water partition coefficient (Wildman–Crippen LogP) is 4.69. The van der Waals surface area contributed by atoms with E-state index in [2.05, 4.69) is 22.4 Å². The zero-order valence-electron chi connectivity index (χ0n) is 21.9. The highest BCUT2D eigenvalue weighted by atomic mass is 16.5. The van der Waals surface area contributed by atoms with Crippen molar-refractivity contribution in [1.29, 1.82) is 0 Å². The Kier molecular flexibility index (Phi) is 7.28. The molecular formula is C32H27N3O6. The number of hydrogen-bond donors (Lipinski definition) is 2. The molecule has 3 aromatic carbocycles. The highest BCUT2D eigenvalue weighted by Crippen LogP contribution is 2.44. The van der Waals surface area contributed by atoms with E-state index in [0.717, 1.165) is 22.3 Å². The van der Waals surface area contributed by atoms with E-state index in [-0.39, 0.29) is 30.5 Å². The van der Waals surface area contributed by atoms with Gasteiger partial charge in [-0.15, -0.1) is 0 Å². The number of aliphatic hydroxyl groups excluding tert-OH is 1. The molecule has 9 heteroatoms. The minimum Gasteiger partial charge on any atom is -0.448 e. The number of ether oxygens (including phenoxy) is 2. The monoisotopic (exact) mass is 549 g/mol. The normalized spacial score (nSPS) is 19.6. The maximum absolute atomic E-state index is 12.7.